The van der Waals surface area contributed by atoms with Crippen molar-refractivity contribution < 1.29 is 4.57 Å². The van der Waals surface area contributed by atoms with E-state index in [4.69, 9.17) is 0 Å². The van der Waals surface area contributed by atoms with Crippen LogP contribution in [0.2, 0.25) is 0 Å². The number of fused-ring (bicyclic) bond motifs is 1. The minimum Gasteiger partial charge on any atom is -0.241 e. The van der Waals surface area contributed by atoms with E-state index in [1.807, 2.05) is 12.4 Å². The zero-order chi connectivity index (χ0) is 21.4. The van der Waals surface area contributed by atoms with Crippen molar-refractivity contribution in [3.8, 4) is 22.4 Å². The van der Waals surface area contributed by atoms with Crippen molar-refractivity contribution >= 4 is 10.9 Å². The number of pyridine rings is 1. The van der Waals surface area contributed by atoms with Crippen molar-refractivity contribution in [2.75, 3.05) is 0 Å². The van der Waals surface area contributed by atoms with Crippen LogP contribution in [0.5, 0.6) is 0 Å². The highest BCUT2D eigenvalue weighted by atomic mass is 14.9. The van der Waals surface area contributed by atoms with Crippen LogP contribution in [0, 0.1) is 26.7 Å². The molecule has 0 atom stereocenters. The maximum Gasteiger partial charge on any atom is 0.213 e. The number of hydrogen-bond acceptors (Lipinski definition) is 2. The molecule has 152 valence electrons. The summed E-state index contributed by atoms with van der Waals surface area (Å²) in [5.41, 5.74) is 9.93. The van der Waals surface area contributed by atoms with E-state index in [9.17, 15) is 0 Å². The molecule has 0 radical (unpaired) electrons. The van der Waals surface area contributed by atoms with Crippen molar-refractivity contribution in [3.63, 3.8) is 0 Å². The molecule has 0 saturated heterocycles. The molecule has 0 fully saturated rings. The van der Waals surface area contributed by atoms with Crippen LogP contribution < -0.4 is 4.57 Å². The van der Waals surface area contributed by atoms with E-state index in [-0.39, 0.29) is 0 Å². The fraction of sp³-hybridized carbons (Fsp3) is 0.296. The van der Waals surface area contributed by atoms with Crippen molar-refractivity contribution in [2.24, 2.45) is 13.0 Å². The van der Waals surface area contributed by atoms with Crippen LogP contribution in [0.1, 0.15) is 36.4 Å². The molecular formula is C27H30N3+. The lowest BCUT2D eigenvalue weighted by atomic mass is 9.96. The standard InChI is InChI=1S/C27H30N3/c1-17(2)11-27-28-15-23(16-29-27)21-7-9-25-22(14-21)8-10-26(30(25)6)24-13-18(3)12-19(4)20(24)5/h7-10,12-17H,11H2,1-6H3/q+1. The molecule has 0 aliphatic carbocycles. The summed E-state index contributed by atoms with van der Waals surface area (Å²) in [7, 11) is 2.15. The summed E-state index contributed by atoms with van der Waals surface area (Å²) in [4.78, 5) is 9.11. The van der Waals surface area contributed by atoms with E-state index in [0.717, 1.165) is 23.4 Å². The van der Waals surface area contributed by atoms with Gasteiger partial charge in [-0.1, -0.05) is 25.5 Å². The molecule has 0 bridgehead atoms. The highest BCUT2D eigenvalue weighted by Crippen LogP contribution is 2.28. The minimum atomic E-state index is 0.562. The largest absolute Gasteiger partial charge is 0.241 e. The fourth-order valence-electron chi connectivity index (χ4n) is 4.13. The van der Waals surface area contributed by atoms with Crippen LogP contribution >= 0.6 is 0 Å². The summed E-state index contributed by atoms with van der Waals surface area (Å²) < 4.78 is 2.29. The van der Waals surface area contributed by atoms with Crippen LogP contribution in [-0.2, 0) is 13.5 Å². The fourth-order valence-corrected chi connectivity index (χ4v) is 4.13. The lowest BCUT2D eigenvalue weighted by molar-refractivity contribution is -0.633. The SMILES string of the molecule is Cc1cc(C)c(C)c(-c2ccc3cc(-c4cnc(CC(C)C)nc4)ccc3[n+]2C)c1. The van der Waals surface area contributed by atoms with Gasteiger partial charge in [0.1, 0.15) is 12.9 Å². The first-order chi connectivity index (χ1) is 14.3. The topological polar surface area (TPSA) is 29.7 Å². The van der Waals surface area contributed by atoms with Gasteiger partial charge < -0.3 is 0 Å². The van der Waals surface area contributed by atoms with Crippen LogP contribution in [-0.4, -0.2) is 9.97 Å². The van der Waals surface area contributed by atoms with Crippen LogP contribution in [0.25, 0.3) is 33.3 Å². The molecule has 2 aromatic heterocycles. The van der Waals surface area contributed by atoms with Gasteiger partial charge >= 0.3 is 0 Å². The van der Waals surface area contributed by atoms with E-state index in [0.29, 0.717) is 5.92 Å². The molecular weight excluding hydrogens is 366 g/mol. The van der Waals surface area contributed by atoms with Gasteiger partial charge in [0.15, 0.2) is 0 Å². The molecule has 3 nitrogen and oxygen atoms in total. The van der Waals surface area contributed by atoms with Gasteiger partial charge in [-0.3, -0.25) is 0 Å². The number of aryl methyl sites for hydroxylation is 3. The third-order valence-corrected chi connectivity index (χ3v) is 5.89. The van der Waals surface area contributed by atoms with Gasteiger partial charge in [-0.25, -0.2) is 9.97 Å². The normalized spacial score (nSPS) is 11.4. The molecule has 0 amide bonds. The summed E-state index contributed by atoms with van der Waals surface area (Å²) in [6.07, 6.45) is 4.80. The Balaban J connectivity index is 1.75. The molecule has 2 aromatic carbocycles. The Morgan fingerprint density at radius 1 is 0.867 bits per heavy atom. The van der Waals surface area contributed by atoms with Crippen molar-refractivity contribution in [1.82, 2.24) is 9.97 Å². The molecule has 0 N–H and O–H groups in total. The molecule has 3 heteroatoms. The first-order valence-electron chi connectivity index (χ1n) is 10.7. The van der Waals surface area contributed by atoms with Crippen LogP contribution in [0.15, 0.2) is 54.9 Å². The Morgan fingerprint density at radius 3 is 2.30 bits per heavy atom. The highest BCUT2D eigenvalue weighted by Gasteiger charge is 2.17. The predicted octanol–water partition coefficient (Wildman–Crippen LogP) is 5.91. The highest BCUT2D eigenvalue weighted by molar-refractivity contribution is 5.83. The first-order valence-corrected chi connectivity index (χ1v) is 10.7. The van der Waals surface area contributed by atoms with Crippen molar-refractivity contribution in [2.45, 2.75) is 41.0 Å². The smallest absolute Gasteiger partial charge is 0.213 e. The van der Waals surface area contributed by atoms with E-state index in [1.165, 1.54) is 38.9 Å². The van der Waals surface area contributed by atoms with E-state index < -0.39 is 0 Å². The second-order valence-electron chi connectivity index (χ2n) is 8.79. The average Bonchev–Trinajstić information content (AvgIpc) is 2.71. The van der Waals surface area contributed by atoms with Gasteiger partial charge in [0.25, 0.3) is 0 Å². The summed E-state index contributed by atoms with van der Waals surface area (Å²) in [5, 5.41) is 1.21. The maximum atomic E-state index is 4.56. The molecule has 4 aromatic rings. The lowest BCUT2D eigenvalue weighted by Gasteiger charge is -2.11. The number of nitrogens with zero attached hydrogens (tertiary/aromatic N) is 3. The minimum absolute atomic E-state index is 0.562. The molecule has 2 heterocycles. The maximum absolute atomic E-state index is 4.56. The third kappa shape index (κ3) is 3.85. The lowest BCUT2D eigenvalue weighted by Crippen LogP contribution is -2.32. The average molecular weight is 397 g/mol. The molecule has 30 heavy (non-hydrogen) atoms. The zero-order valence-corrected chi connectivity index (χ0v) is 18.8. The van der Waals surface area contributed by atoms with Crippen molar-refractivity contribution in [3.05, 3.63) is 77.4 Å². The van der Waals surface area contributed by atoms with Crippen LogP contribution in [0.3, 0.4) is 0 Å². The summed E-state index contributed by atoms with van der Waals surface area (Å²) in [6, 6.07) is 15.6. The van der Waals surface area contributed by atoms with Crippen LogP contribution in [0.4, 0.5) is 0 Å². The van der Waals surface area contributed by atoms with E-state index in [1.54, 1.807) is 0 Å². The van der Waals surface area contributed by atoms with Gasteiger partial charge in [0.05, 0.1) is 0 Å². The molecule has 0 unspecified atom stereocenters. The number of aromatic nitrogens is 3. The second kappa shape index (κ2) is 7.98. The number of benzene rings is 2. The summed E-state index contributed by atoms with van der Waals surface area (Å²) in [6.45, 7) is 10.9. The van der Waals surface area contributed by atoms with Gasteiger partial charge in [0, 0.05) is 47.5 Å². The summed E-state index contributed by atoms with van der Waals surface area (Å²) >= 11 is 0. The predicted molar refractivity (Wildman–Crippen MR) is 124 cm³/mol. The van der Waals surface area contributed by atoms with Gasteiger partial charge in [-0.05, 0) is 67.6 Å². The summed E-state index contributed by atoms with van der Waals surface area (Å²) in [5.74, 6) is 1.47. The Morgan fingerprint density at radius 2 is 1.60 bits per heavy atom. The third-order valence-electron chi connectivity index (χ3n) is 5.89. The Bertz CT molecular complexity index is 1220. The first kappa shape index (κ1) is 20.2. The van der Waals surface area contributed by atoms with E-state index >= 15 is 0 Å². The van der Waals surface area contributed by atoms with Crippen molar-refractivity contribution in [1.29, 1.82) is 0 Å². The van der Waals surface area contributed by atoms with Gasteiger partial charge in [-0.15, -0.1) is 0 Å². The zero-order valence-electron chi connectivity index (χ0n) is 18.8. The molecule has 0 saturated carbocycles. The molecule has 0 spiro atoms. The Kier molecular flexibility index (Phi) is 5.38. The Labute approximate surface area is 179 Å². The van der Waals surface area contributed by atoms with Gasteiger partial charge in [0.2, 0.25) is 11.2 Å². The molecule has 0 aliphatic rings. The second-order valence-corrected chi connectivity index (χ2v) is 8.79. The number of rotatable bonds is 4. The Hall–Kier alpha value is -3.07. The molecule has 4 rings (SSSR count). The molecule has 0 aliphatic heterocycles. The quantitative estimate of drug-likeness (QED) is 0.401. The number of hydrogen-bond donors (Lipinski definition) is 0. The monoisotopic (exact) mass is 396 g/mol. The van der Waals surface area contributed by atoms with Gasteiger partial charge in [-0.2, -0.15) is 4.57 Å². The van der Waals surface area contributed by atoms with E-state index in [2.05, 4.69) is 98.7 Å².